The molecule has 0 aliphatic rings. The molecule has 3 nitrogen and oxygen atoms in total. The second-order valence-corrected chi connectivity index (χ2v) is 3.80. The molecule has 0 saturated carbocycles. The van der Waals surface area contributed by atoms with Gasteiger partial charge in [-0.15, -0.1) is 0 Å². The number of aliphatic hydroxyl groups excluding tert-OH is 3. The Labute approximate surface area is 86.8 Å². The van der Waals surface area contributed by atoms with E-state index in [2.05, 4.69) is 0 Å². The Balaban J connectivity index is 3.02. The molecule has 0 aliphatic carbocycles. The molecule has 0 aromatic rings. The van der Waals surface area contributed by atoms with E-state index in [-0.39, 0.29) is 12.7 Å². The third-order valence-corrected chi connectivity index (χ3v) is 2.39. The van der Waals surface area contributed by atoms with E-state index in [0.717, 1.165) is 38.5 Å². The molecule has 0 aromatic heterocycles. The molecule has 0 heterocycles. The summed E-state index contributed by atoms with van der Waals surface area (Å²) in [7, 11) is 0. The normalized spacial score (nSPS) is 13.1. The van der Waals surface area contributed by atoms with Crippen molar-refractivity contribution in [3.8, 4) is 0 Å². The largest absolute Gasteiger partial charge is 0.396 e. The standard InChI is InChI=1S/C11H24O3/c12-9-5-3-1-2-4-7-11(14)8-6-10-13/h11-14H,1-10H2. The van der Waals surface area contributed by atoms with Crippen LogP contribution in [-0.2, 0) is 0 Å². The fourth-order valence-corrected chi connectivity index (χ4v) is 1.49. The summed E-state index contributed by atoms with van der Waals surface area (Å²) in [5.74, 6) is 0. The van der Waals surface area contributed by atoms with Crippen LogP contribution in [0.25, 0.3) is 0 Å². The maximum absolute atomic E-state index is 9.43. The van der Waals surface area contributed by atoms with E-state index in [1.54, 1.807) is 0 Å². The summed E-state index contributed by atoms with van der Waals surface area (Å²) < 4.78 is 0. The van der Waals surface area contributed by atoms with Crippen molar-refractivity contribution in [2.75, 3.05) is 13.2 Å². The molecule has 0 spiro atoms. The van der Waals surface area contributed by atoms with Crippen molar-refractivity contribution in [2.45, 2.75) is 57.5 Å². The zero-order valence-electron chi connectivity index (χ0n) is 8.99. The molecule has 0 aromatic carbocycles. The van der Waals surface area contributed by atoms with Crippen LogP contribution in [0.3, 0.4) is 0 Å². The summed E-state index contributed by atoms with van der Waals surface area (Å²) in [6.07, 6.45) is 7.34. The molecule has 14 heavy (non-hydrogen) atoms. The van der Waals surface area contributed by atoms with Crippen LogP contribution in [0.2, 0.25) is 0 Å². The van der Waals surface area contributed by atoms with Crippen molar-refractivity contribution in [3.05, 3.63) is 0 Å². The fourth-order valence-electron chi connectivity index (χ4n) is 1.49. The smallest absolute Gasteiger partial charge is 0.0541 e. The molecule has 0 saturated heterocycles. The minimum atomic E-state index is -0.236. The van der Waals surface area contributed by atoms with Crippen molar-refractivity contribution in [1.29, 1.82) is 0 Å². The van der Waals surface area contributed by atoms with E-state index in [0.29, 0.717) is 19.4 Å². The van der Waals surface area contributed by atoms with Gasteiger partial charge in [0.2, 0.25) is 0 Å². The SMILES string of the molecule is OCCCCCCCC(O)CCCO. The van der Waals surface area contributed by atoms with E-state index in [1.165, 1.54) is 0 Å². The van der Waals surface area contributed by atoms with Crippen LogP contribution < -0.4 is 0 Å². The average molecular weight is 204 g/mol. The molecule has 3 heteroatoms. The van der Waals surface area contributed by atoms with Crippen molar-refractivity contribution in [1.82, 2.24) is 0 Å². The van der Waals surface area contributed by atoms with Crippen LogP contribution in [-0.4, -0.2) is 34.6 Å². The van der Waals surface area contributed by atoms with Gasteiger partial charge in [-0.1, -0.05) is 25.7 Å². The van der Waals surface area contributed by atoms with Crippen molar-refractivity contribution < 1.29 is 15.3 Å². The molecule has 0 bridgehead atoms. The maximum Gasteiger partial charge on any atom is 0.0541 e. The van der Waals surface area contributed by atoms with Gasteiger partial charge in [-0.2, -0.15) is 0 Å². The maximum atomic E-state index is 9.43. The molecule has 0 radical (unpaired) electrons. The van der Waals surface area contributed by atoms with Crippen molar-refractivity contribution >= 4 is 0 Å². The predicted octanol–water partition coefficient (Wildman–Crippen LogP) is 1.45. The highest BCUT2D eigenvalue weighted by molar-refractivity contribution is 4.56. The quantitative estimate of drug-likeness (QED) is 0.472. The van der Waals surface area contributed by atoms with Crippen LogP contribution in [0, 0.1) is 0 Å². The van der Waals surface area contributed by atoms with Gasteiger partial charge in [-0.3, -0.25) is 0 Å². The molecule has 0 amide bonds. The molecule has 0 rings (SSSR count). The highest BCUT2D eigenvalue weighted by atomic mass is 16.3. The van der Waals surface area contributed by atoms with Gasteiger partial charge in [-0.05, 0) is 25.7 Å². The molecule has 86 valence electrons. The number of aliphatic hydroxyl groups is 3. The summed E-state index contributed by atoms with van der Waals surface area (Å²) in [4.78, 5) is 0. The second kappa shape index (κ2) is 11.0. The highest BCUT2D eigenvalue weighted by Crippen LogP contribution is 2.10. The first-order valence-electron chi connectivity index (χ1n) is 5.71. The van der Waals surface area contributed by atoms with Crippen molar-refractivity contribution in [2.24, 2.45) is 0 Å². The Kier molecular flexibility index (Phi) is 10.9. The second-order valence-electron chi connectivity index (χ2n) is 3.80. The lowest BCUT2D eigenvalue weighted by Crippen LogP contribution is -2.06. The van der Waals surface area contributed by atoms with Crippen LogP contribution in [0.1, 0.15) is 51.4 Å². The Morgan fingerprint density at radius 1 is 0.643 bits per heavy atom. The minimum Gasteiger partial charge on any atom is -0.396 e. The summed E-state index contributed by atoms with van der Waals surface area (Å²) >= 11 is 0. The molecule has 1 atom stereocenters. The monoisotopic (exact) mass is 204 g/mol. The van der Waals surface area contributed by atoms with Gasteiger partial charge in [0.15, 0.2) is 0 Å². The zero-order valence-corrected chi connectivity index (χ0v) is 8.99. The Morgan fingerprint density at radius 2 is 1.14 bits per heavy atom. The van der Waals surface area contributed by atoms with E-state index in [4.69, 9.17) is 10.2 Å². The number of rotatable bonds is 10. The van der Waals surface area contributed by atoms with Gasteiger partial charge < -0.3 is 15.3 Å². The molecule has 1 unspecified atom stereocenters. The van der Waals surface area contributed by atoms with Gasteiger partial charge in [-0.25, -0.2) is 0 Å². The first-order valence-corrected chi connectivity index (χ1v) is 5.71. The van der Waals surface area contributed by atoms with Crippen LogP contribution in [0.5, 0.6) is 0 Å². The van der Waals surface area contributed by atoms with E-state index in [1.807, 2.05) is 0 Å². The lowest BCUT2D eigenvalue weighted by atomic mass is 10.1. The third-order valence-electron chi connectivity index (χ3n) is 2.39. The first-order chi connectivity index (χ1) is 6.81. The van der Waals surface area contributed by atoms with Crippen LogP contribution >= 0.6 is 0 Å². The van der Waals surface area contributed by atoms with Crippen LogP contribution in [0.4, 0.5) is 0 Å². The summed E-state index contributed by atoms with van der Waals surface area (Å²) in [5.41, 5.74) is 0. The number of unbranched alkanes of at least 4 members (excludes halogenated alkanes) is 4. The number of hydrogen-bond acceptors (Lipinski definition) is 3. The molecule has 0 fully saturated rings. The van der Waals surface area contributed by atoms with E-state index < -0.39 is 0 Å². The molecular weight excluding hydrogens is 180 g/mol. The summed E-state index contributed by atoms with van der Waals surface area (Å²) in [6.45, 7) is 0.465. The van der Waals surface area contributed by atoms with Gasteiger partial charge in [0, 0.05) is 13.2 Å². The zero-order chi connectivity index (χ0) is 10.6. The van der Waals surface area contributed by atoms with Gasteiger partial charge in [0.25, 0.3) is 0 Å². The minimum absolute atomic E-state index is 0.174. The van der Waals surface area contributed by atoms with Crippen molar-refractivity contribution in [3.63, 3.8) is 0 Å². The predicted molar refractivity (Wildman–Crippen MR) is 57.1 cm³/mol. The third kappa shape index (κ3) is 9.96. The summed E-state index contributed by atoms with van der Waals surface area (Å²) in [5, 5.41) is 26.5. The topological polar surface area (TPSA) is 60.7 Å². The average Bonchev–Trinajstić information content (AvgIpc) is 2.20. The van der Waals surface area contributed by atoms with Crippen LogP contribution in [0.15, 0.2) is 0 Å². The Bertz CT molecular complexity index is 107. The van der Waals surface area contributed by atoms with Gasteiger partial charge in [0.05, 0.1) is 6.10 Å². The Morgan fingerprint density at radius 3 is 1.79 bits per heavy atom. The highest BCUT2D eigenvalue weighted by Gasteiger charge is 2.02. The lowest BCUT2D eigenvalue weighted by Gasteiger charge is -2.08. The molecule has 0 aliphatic heterocycles. The Hall–Kier alpha value is -0.120. The number of hydrogen-bond donors (Lipinski definition) is 3. The first kappa shape index (κ1) is 13.9. The fraction of sp³-hybridized carbons (Fsp3) is 1.00. The summed E-state index contributed by atoms with van der Waals surface area (Å²) in [6, 6.07) is 0. The lowest BCUT2D eigenvalue weighted by molar-refractivity contribution is 0.137. The van der Waals surface area contributed by atoms with Gasteiger partial charge >= 0.3 is 0 Å². The molecular formula is C11H24O3. The van der Waals surface area contributed by atoms with E-state index >= 15 is 0 Å². The van der Waals surface area contributed by atoms with Gasteiger partial charge in [0.1, 0.15) is 0 Å². The van der Waals surface area contributed by atoms with E-state index in [9.17, 15) is 5.11 Å². The molecule has 3 N–H and O–H groups in total.